The van der Waals surface area contributed by atoms with Crippen molar-refractivity contribution in [3.63, 3.8) is 0 Å². The number of halogens is 3. The molecule has 178 valence electrons. The smallest absolute Gasteiger partial charge is 0.408 e. The molecule has 1 aliphatic rings. The predicted octanol–water partition coefficient (Wildman–Crippen LogP) is 5.00. The Balaban J connectivity index is 2.56. The lowest BCUT2D eigenvalue weighted by Crippen LogP contribution is -2.48. The van der Waals surface area contributed by atoms with E-state index in [1.807, 2.05) is 0 Å². The molecular formula is C21H27Cl3N2O6. The predicted molar refractivity (Wildman–Crippen MR) is 125 cm³/mol. The average molecular weight is 510 g/mol. The van der Waals surface area contributed by atoms with Gasteiger partial charge < -0.3 is 29.0 Å². The van der Waals surface area contributed by atoms with Crippen LogP contribution >= 0.6 is 34.8 Å². The Morgan fingerprint density at radius 2 is 1.84 bits per heavy atom. The molecule has 0 unspecified atom stereocenters. The molecule has 0 aliphatic carbocycles. The maximum Gasteiger partial charge on any atom is 0.408 e. The highest BCUT2D eigenvalue weighted by molar-refractivity contribution is 6.76. The minimum Gasteiger partial charge on any atom is -0.493 e. The molecule has 2 rings (SSSR count). The van der Waals surface area contributed by atoms with Gasteiger partial charge in [0.1, 0.15) is 30.6 Å². The average Bonchev–Trinajstić information content (AvgIpc) is 2.69. The Morgan fingerprint density at radius 3 is 2.38 bits per heavy atom. The van der Waals surface area contributed by atoms with Crippen molar-refractivity contribution in [2.45, 2.75) is 42.2 Å². The van der Waals surface area contributed by atoms with Gasteiger partial charge in [-0.3, -0.25) is 0 Å². The minimum absolute atomic E-state index is 0.0219. The summed E-state index contributed by atoms with van der Waals surface area (Å²) in [4.78, 5) is 16.9. The molecule has 1 aromatic rings. The van der Waals surface area contributed by atoms with Crippen LogP contribution in [0.25, 0.3) is 0 Å². The Labute approximate surface area is 202 Å². The molecule has 0 spiro atoms. The van der Waals surface area contributed by atoms with Gasteiger partial charge in [-0.15, -0.1) is 0 Å². The van der Waals surface area contributed by atoms with Crippen LogP contribution in [-0.2, 0) is 9.47 Å². The molecule has 0 bridgehead atoms. The van der Waals surface area contributed by atoms with Gasteiger partial charge in [0.25, 0.3) is 3.79 Å². The first-order valence-electron chi connectivity index (χ1n) is 9.66. The number of nitrogens with one attached hydrogen (secondary N) is 1. The van der Waals surface area contributed by atoms with Crippen LogP contribution in [0, 0.1) is 0 Å². The summed E-state index contributed by atoms with van der Waals surface area (Å²) in [6.07, 6.45) is 0.953. The van der Waals surface area contributed by atoms with Gasteiger partial charge in [-0.2, -0.15) is 0 Å². The van der Waals surface area contributed by atoms with Crippen LogP contribution in [0.3, 0.4) is 0 Å². The number of ether oxygens (including phenoxy) is 5. The third kappa shape index (κ3) is 6.98. The normalized spacial score (nSPS) is 18.7. The van der Waals surface area contributed by atoms with Crippen molar-refractivity contribution in [2.75, 3.05) is 27.4 Å². The minimum atomic E-state index is -1.90. The molecule has 32 heavy (non-hydrogen) atoms. The summed E-state index contributed by atoms with van der Waals surface area (Å²) >= 11 is 18.0. The topological polar surface area (TPSA) is 87.6 Å². The van der Waals surface area contributed by atoms with Crippen molar-refractivity contribution < 1.29 is 28.5 Å². The van der Waals surface area contributed by atoms with Gasteiger partial charge in [-0.25, -0.2) is 9.79 Å². The number of alkyl carbamates (subject to hydrolysis) is 1. The standard InChI is InChI=1S/C21H27Cl3N2O6/c1-7-8-30-14-10-16(29-6)15(28-5)9-12(14)17-13(25-19(27)32-20(2,3)4)11-31-18(26-17)21(22,23)24/h7,9-10,13,17H,1,8,11H2,2-6H3,(H,25,27)/t13-,17+/m1/s1. The molecule has 1 aromatic carbocycles. The first-order valence-corrected chi connectivity index (χ1v) is 10.8. The van der Waals surface area contributed by atoms with E-state index < -0.39 is 27.6 Å². The van der Waals surface area contributed by atoms with E-state index in [0.717, 1.165) is 0 Å². The Bertz CT molecular complexity index is 864. The molecule has 1 aliphatic heterocycles. The monoisotopic (exact) mass is 508 g/mol. The zero-order valence-corrected chi connectivity index (χ0v) is 20.8. The molecule has 1 N–H and O–H groups in total. The zero-order chi connectivity index (χ0) is 24.1. The fourth-order valence-electron chi connectivity index (χ4n) is 2.92. The number of hydrogen-bond donors (Lipinski definition) is 1. The number of benzene rings is 1. The summed E-state index contributed by atoms with van der Waals surface area (Å²) in [5.74, 6) is 1.20. The van der Waals surface area contributed by atoms with Crippen molar-refractivity contribution >= 4 is 46.8 Å². The molecular weight excluding hydrogens is 483 g/mol. The van der Waals surface area contributed by atoms with Gasteiger partial charge in [-0.05, 0) is 26.8 Å². The molecule has 0 aromatic heterocycles. The highest BCUT2D eigenvalue weighted by atomic mass is 35.6. The number of nitrogens with zero attached hydrogens (tertiary/aromatic N) is 1. The molecule has 11 heteroatoms. The maximum absolute atomic E-state index is 12.5. The van der Waals surface area contributed by atoms with Gasteiger partial charge in [-0.1, -0.05) is 47.5 Å². The highest BCUT2D eigenvalue weighted by Crippen LogP contribution is 2.42. The number of hydrogen-bond acceptors (Lipinski definition) is 7. The van der Waals surface area contributed by atoms with Crippen molar-refractivity contribution in [3.05, 3.63) is 30.4 Å². The largest absolute Gasteiger partial charge is 0.493 e. The highest BCUT2D eigenvalue weighted by Gasteiger charge is 2.40. The SMILES string of the molecule is C=CCOc1cc(OC)c(OC)cc1[C@@H]1N=C(C(Cl)(Cl)Cl)OC[C@H]1NC(=O)OC(C)(C)C. The van der Waals surface area contributed by atoms with Crippen LogP contribution < -0.4 is 19.5 Å². The van der Waals surface area contributed by atoms with Crippen LogP contribution in [0.15, 0.2) is 29.8 Å². The van der Waals surface area contributed by atoms with Gasteiger partial charge in [0.05, 0.1) is 20.3 Å². The van der Waals surface area contributed by atoms with Gasteiger partial charge >= 0.3 is 6.09 Å². The quantitative estimate of drug-likeness (QED) is 0.411. The second-order valence-electron chi connectivity index (χ2n) is 7.79. The number of amides is 1. The van der Waals surface area contributed by atoms with Crippen molar-refractivity contribution in [1.82, 2.24) is 5.32 Å². The van der Waals surface area contributed by atoms with Crippen LogP contribution in [0.5, 0.6) is 17.2 Å². The molecule has 0 fully saturated rings. The molecule has 2 atom stereocenters. The van der Waals surface area contributed by atoms with Gasteiger partial charge in [0.15, 0.2) is 11.5 Å². The lowest BCUT2D eigenvalue weighted by molar-refractivity contribution is 0.0464. The van der Waals surface area contributed by atoms with Crippen LogP contribution in [0.2, 0.25) is 0 Å². The van der Waals surface area contributed by atoms with E-state index in [2.05, 4.69) is 16.9 Å². The first kappa shape index (κ1) is 26.2. The van der Waals surface area contributed by atoms with E-state index >= 15 is 0 Å². The third-order valence-electron chi connectivity index (χ3n) is 4.17. The summed E-state index contributed by atoms with van der Waals surface area (Å²) < 4.78 is 25.6. The molecule has 8 nitrogen and oxygen atoms in total. The summed E-state index contributed by atoms with van der Waals surface area (Å²) in [5.41, 5.74) is -0.136. The fourth-order valence-corrected chi connectivity index (χ4v) is 3.23. The molecule has 0 saturated carbocycles. The summed E-state index contributed by atoms with van der Waals surface area (Å²) in [5, 5.41) is 2.78. The number of carbonyl (C=O) groups is 1. The van der Waals surface area contributed by atoms with E-state index in [0.29, 0.717) is 22.8 Å². The lowest BCUT2D eigenvalue weighted by Gasteiger charge is -2.33. The van der Waals surface area contributed by atoms with E-state index in [4.69, 9.17) is 58.5 Å². The second kappa shape index (κ2) is 10.7. The second-order valence-corrected chi connectivity index (χ2v) is 10.1. The first-order chi connectivity index (χ1) is 14.9. The van der Waals surface area contributed by atoms with Crippen LogP contribution in [0.1, 0.15) is 32.4 Å². The summed E-state index contributed by atoms with van der Waals surface area (Å²) in [6.45, 7) is 9.15. The number of rotatable bonds is 7. The lowest BCUT2D eigenvalue weighted by atomic mass is 9.97. The Morgan fingerprint density at radius 1 is 1.22 bits per heavy atom. The Kier molecular flexibility index (Phi) is 8.79. The summed E-state index contributed by atoms with van der Waals surface area (Å²) in [7, 11) is 3.01. The number of aliphatic imine (C=N–C) groups is 1. The Hall–Kier alpha value is -2.03. The van der Waals surface area contributed by atoms with Crippen LogP contribution in [0.4, 0.5) is 4.79 Å². The summed E-state index contributed by atoms with van der Waals surface area (Å²) in [6, 6.07) is 1.94. The molecule has 1 heterocycles. The zero-order valence-electron chi connectivity index (χ0n) is 18.5. The molecule has 1 amide bonds. The van der Waals surface area contributed by atoms with E-state index in [9.17, 15) is 4.79 Å². The third-order valence-corrected chi connectivity index (χ3v) is 4.66. The van der Waals surface area contributed by atoms with Gasteiger partial charge in [0.2, 0.25) is 5.90 Å². The van der Waals surface area contributed by atoms with Gasteiger partial charge in [0, 0.05) is 11.6 Å². The van der Waals surface area contributed by atoms with Crippen molar-refractivity contribution in [2.24, 2.45) is 4.99 Å². The van der Waals surface area contributed by atoms with Crippen molar-refractivity contribution in [3.8, 4) is 17.2 Å². The maximum atomic E-state index is 12.5. The van der Waals surface area contributed by atoms with Crippen LogP contribution in [-0.4, -0.2) is 54.9 Å². The molecule has 0 radical (unpaired) electrons. The number of alkyl halides is 3. The molecule has 0 saturated heterocycles. The number of methoxy groups -OCH3 is 2. The van der Waals surface area contributed by atoms with E-state index in [-0.39, 0.29) is 19.1 Å². The van der Waals surface area contributed by atoms with Crippen molar-refractivity contribution in [1.29, 1.82) is 0 Å². The number of carbonyl (C=O) groups excluding carboxylic acids is 1. The van der Waals surface area contributed by atoms with E-state index in [1.165, 1.54) is 14.2 Å². The fraction of sp³-hybridized carbons (Fsp3) is 0.524. The van der Waals surface area contributed by atoms with E-state index in [1.54, 1.807) is 39.0 Å².